The van der Waals surface area contributed by atoms with Crippen molar-refractivity contribution >= 4 is 5.97 Å². The summed E-state index contributed by atoms with van der Waals surface area (Å²) in [4.78, 5) is 14.9. The Kier molecular flexibility index (Phi) is 4.24. The Bertz CT molecular complexity index is 312. The van der Waals surface area contributed by atoms with Crippen molar-refractivity contribution in [1.82, 2.24) is 4.98 Å². The monoisotopic (exact) mass is 208 g/mol. The Morgan fingerprint density at radius 1 is 1.53 bits per heavy atom. The van der Waals surface area contributed by atoms with E-state index in [1.807, 2.05) is 32.0 Å². The van der Waals surface area contributed by atoms with Crippen LogP contribution in [0.3, 0.4) is 0 Å². The van der Waals surface area contributed by atoms with Crippen molar-refractivity contribution in [2.45, 2.75) is 26.4 Å². The molecule has 0 unspecified atom stereocenters. The highest BCUT2D eigenvalue weighted by molar-refractivity contribution is 5.69. The standard InChI is InChI=1S/C11H16N2O2/c1-8(2)10(11(14)15)13-7-9-5-3-4-6-12-9/h3-6,8,10,13H,7H2,1-2H3,(H,14,15)/t10-/m0/s1. The largest absolute Gasteiger partial charge is 0.544 e. The smallest absolute Gasteiger partial charge is 0.129 e. The van der Waals surface area contributed by atoms with Crippen LogP contribution < -0.4 is 10.4 Å². The molecule has 82 valence electrons. The van der Waals surface area contributed by atoms with Gasteiger partial charge in [-0.1, -0.05) is 19.9 Å². The number of hydrogen-bond acceptors (Lipinski definition) is 3. The zero-order valence-corrected chi connectivity index (χ0v) is 9.01. The van der Waals surface area contributed by atoms with Crippen LogP contribution in [0.4, 0.5) is 0 Å². The van der Waals surface area contributed by atoms with Crippen LogP contribution in [-0.4, -0.2) is 17.0 Å². The second-order valence-electron chi connectivity index (χ2n) is 3.85. The molecule has 1 atom stereocenters. The number of carboxylic acid groups (broad SMARTS) is 1. The van der Waals surface area contributed by atoms with Gasteiger partial charge < -0.3 is 15.2 Å². The summed E-state index contributed by atoms with van der Waals surface area (Å²) in [5.74, 6) is -0.959. The van der Waals surface area contributed by atoms with Gasteiger partial charge in [0, 0.05) is 12.1 Å². The van der Waals surface area contributed by atoms with Crippen molar-refractivity contribution in [3.63, 3.8) is 0 Å². The molecule has 0 bridgehead atoms. The molecule has 0 aliphatic rings. The highest BCUT2D eigenvalue weighted by atomic mass is 16.4. The van der Waals surface area contributed by atoms with Crippen molar-refractivity contribution in [3.8, 4) is 0 Å². The quantitative estimate of drug-likeness (QED) is 0.669. The first-order valence-corrected chi connectivity index (χ1v) is 5.05. The van der Waals surface area contributed by atoms with Crippen LogP contribution in [0.15, 0.2) is 24.4 Å². The molecule has 1 aromatic heterocycles. The lowest BCUT2D eigenvalue weighted by Gasteiger charge is -2.19. The minimum absolute atomic E-state index is 0.0544. The predicted octanol–water partition coefficient (Wildman–Crippen LogP) is -1.08. The maximum absolute atomic E-state index is 10.8. The highest BCUT2D eigenvalue weighted by Gasteiger charge is 2.17. The molecule has 0 saturated heterocycles. The number of hydrogen-bond donors (Lipinski definition) is 1. The number of carboxylic acids is 1. The molecule has 0 aromatic carbocycles. The van der Waals surface area contributed by atoms with Gasteiger partial charge in [0.15, 0.2) is 0 Å². The summed E-state index contributed by atoms with van der Waals surface area (Å²) >= 11 is 0. The maximum atomic E-state index is 10.8. The Labute approximate surface area is 89.3 Å². The summed E-state index contributed by atoms with van der Waals surface area (Å²) in [5.41, 5.74) is 0.879. The van der Waals surface area contributed by atoms with Crippen LogP contribution in [0.5, 0.6) is 0 Å². The Morgan fingerprint density at radius 2 is 2.27 bits per heavy atom. The second-order valence-corrected chi connectivity index (χ2v) is 3.85. The molecular formula is C11H16N2O2. The number of quaternary nitrogens is 1. The SMILES string of the molecule is CC(C)[C@H]([NH2+]Cc1ccccn1)C(=O)[O-]. The molecule has 2 N–H and O–H groups in total. The first kappa shape index (κ1) is 11.7. The molecule has 4 heteroatoms. The molecule has 15 heavy (non-hydrogen) atoms. The molecular weight excluding hydrogens is 192 g/mol. The van der Waals surface area contributed by atoms with E-state index in [1.54, 1.807) is 11.5 Å². The van der Waals surface area contributed by atoms with Crippen LogP contribution in [0.2, 0.25) is 0 Å². The highest BCUT2D eigenvalue weighted by Crippen LogP contribution is 1.96. The third-order valence-electron chi connectivity index (χ3n) is 2.30. The zero-order chi connectivity index (χ0) is 11.3. The third kappa shape index (κ3) is 3.67. The Hall–Kier alpha value is -1.42. The maximum Gasteiger partial charge on any atom is 0.129 e. The third-order valence-corrected chi connectivity index (χ3v) is 2.30. The molecule has 1 aromatic rings. The van der Waals surface area contributed by atoms with Crippen molar-refractivity contribution < 1.29 is 15.2 Å². The van der Waals surface area contributed by atoms with E-state index in [0.717, 1.165) is 5.69 Å². The topological polar surface area (TPSA) is 69.6 Å². The molecule has 0 aliphatic carbocycles. The van der Waals surface area contributed by atoms with Crippen LogP contribution in [-0.2, 0) is 11.3 Å². The number of carbonyl (C=O) groups excluding carboxylic acids is 1. The number of nitrogens with two attached hydrogens (primary N) is 1. The summed E-state index contributed by atoms with van der Waals surface area (Å²) in [7, 11) is 0. The lowest BCUT2D eigenvalue weighted by molar-refractivity contribution is -0.704. The van der Waals surface area contributed by atoms with E-state index in [2.05, 4.69) is 4.98 Å². The van der Waals surface area contributed by atoms with Gasteiger partial charge in [-0.15, -0.1) is 0 Å². The first-order chi connectivity index (χ1) is 7.11. The summed E-state index contributed by atoms with van der Waals surface area (Å²) in [5, 5.41) is 12.6. The Balaban J connectivity index is 2.51. The fourth-order valence-corrected chi connectivity index (χ4v) is 1.41. The second kappa shape index (κ2) is 5.46. The van der Waals surface area contributed by atoms with Crippen molar-refractivity contribution in [2.75, 3.05) is 0 Å². The fraction of sp³-hybridized carbons (Fsp3) is 0.455. The number of nitrogens with zero attached hydrogens (tertiary/aromatic N) is 1. The van der Waals surface area contributed by atoms with Gasteiger partial charge >= 0.3 is 0 Å². The average molecular weight is 208 g/mol. The number of rotatable bonds is 5. The summed E-state index contributed by atoms with van der Waals surface area (Å²) in [6.07, 6.45) is 1.70. The number of aromatic nitrogens is 1. The molecule has 4 nitrogen and oxygen atoms in total. The molecule has 0 saturated carbocycles. The zero-order valence-electron chi connectivity index (χ0n) is 9.01. The van der Waals surface area contributed by atoms with Crippen LogP contribution in [0, 0.1) is 5.92 Å². The van der Waals surface area contributed by atoms with Gasteiger partial charge in [-0.3, -0.25) is 4.98 Å². The van der Waals surface area contributed by atoms with Gasteiger partial charge in [0.1, 0.15) is 12.6 Å². The summed E-state index contributed by atoms with van der Waals surface area (Å²) in [6, 6.07) is 5.09. The molecule has 0 spiro atoms. The molecule has 0 radical (unpaired) electrons. The summed E-state index contributed by atoms with van der Waals surface area (Å²) in [6.45, 7) is 4.31. The minimum Gasteiger partial charge on any atom is -0.544 e. The number of pyridine rings is 1. The van der Waals surface area contributed by atoms with Crippen molar-refractivity contribution in [2.24, 2.45) is 5.92 Å². The minimum atomic E-state index is -1.01. The summed E-state index contributed by atoms with van der Waals surface area (Å²) < 4.78 is 0. The first-order valence-electron chi connectivity index (χ1n) is 5.05. The lowest BCUT2D eigenvalue weighted by atomic mass is 10.0. The van der Waals surface area contributed by atoms with Crippen molar-refractivity contribution in [1.29, 1.82) is 0 Å². The van der Waals surface area contributed by atoms with E-state index < -0.39 is 12.0 Å². The van der Waals surface area contributed by atoms with Crippen molar-refractivity contribution in [3.05, 3.63) is 30.1 Å². The molecule has 1 heterocycles. The predicted molar refractivity (Wildman–Crippen MR) is 53.5 cm³/mol. The van der Waals surface area contributed by atoms with Crippen LogP contribution >= 0.6 is 0 Å². The van der Waals surface area contributed by atoms with E-state index in [0.29, 0.717) is 6.54 Å². The van der Waals surface area contributed by atoms with Gasteiger partial charge in [0.25, 0.3) is 0 Å². The van der Waals surface area contributed by atoms with Gasteiger partial charge in [-0.25, -0.2) is 0 Å². The van der Waals surface area contributed by atoms with E-state index in [-0.39, 0.29) is 5.92 Å². The normalized spacial score (nSPS) is 12.7. The van der Waals surface area contributed by atoms with Gasteiger partial charge in [-0.05, 0) is 12.1 Å². The van der Waals surface area contributed by atoms with E-state index >= 15 is 0 Å². The fourth-order valence-electron chi connectivity index (χ4n) is 1.41. The lowest BCUT2D eigenvalue weighted by Crippen LogP contribution is -2.93. The van der Waals surface area contributed by atoms with Gasteiger partial charge in [0.05, 0.1) is 11.7 Å². The molecule has 0 aliphatic heterocycles. The number of carbonyl (C=O) groups is 1. The van der Waals surface area contributed by atoms with E-state index in [1.165, 1.54) is 0 Å². The number of aliphatic carboxylic acids is 1. The molecule has 1 rings (SSSR count). The van der Waals surface area contributed by atoms with Gasteiger partial charge in [0.2, 0.25) is 0 Å². The van der Waals surface area contributed by atoms with E-state index in [9.17, 15) is 9.90 Å². The van der Waals surface area contributed by atoms with Crippen LogP contribution in [0.1, 0.15) is 19.5 Å². The molecule has 0 amide bonds. The molecule has 0 fully saturated rings. The van der Waals surface area contributed by atoms with E-state index in [4.69, 9.17) is 0 Å². The average Bonchev–Trinajstić information content (AvgIpc) is 2.18. The Morgan fingerprint density at radius 3 is 2.73 bits per heavy atom. The van der Waals surface area contributed by atoms with Gasteiger partial charge in [-0.2, -0.15) is 0 Å². The van der Waals surface area contributed by atoms with Crippen LogP contribution in [0.25, 0.3) is 0 Å².